The van der Waals surface area contributed by atoms with Crippen molar-refractivity contribution in [1.82, 2.24) is 0 Å². The number of benzene rings is 3. The lowest BCUT2D eigenvalue weighted by atomic mass is 10.1. The molecule has 134 valence electrons. The van der Waals surface area contributed by atoms with E-state index in [0.29, 0.717) is 11.1 Å². The van der Waals surface area contributed by atoms with Crippen molar-refractivity contribution in [3.8, 4) is 12.1 Å². The number of anilines is 3. The quantitative estimate of drug-likeness (QED) is 0.461. The molecule has 0 amide bonds. The van der Waals surface area contributed by atoms with Gasteiger partial charge in [-0.3, -0.25) is 0 Å². The average molecular weight is 364 g/mol. The Labute approximate surface area is 162 Å². The van der Waals surface area contributed by atoms with Gasteiger partial charge in [-0.15, -0.1) is 0 Å². The predicted molar refractivity (Wildman–Crippen MR) is 110 cm³/mol. The molecule has 0 spiro atoms. The summed E-state index contributed by atoms with van der Waals surface area (Å²) in [5, 5.41) is 21.4. The first-order valence-corrected chi connectivity index (χ1v) is 9.05. The molecular weight excluding hydrogens is 348 g/mol. The summed E-state index contributed by atoms with van der Waals surface area (Å²) in [5.74, 6) is 0. The van der Waals surface area contributed by atoms with Crippen LogP contribution in [0, 0.1) is 22.7 Å². The van der Waals surface area contributed by atoms with Crippen molar-refractivity contribution in [2.75, 3.05) is 16.8 Å². The summed E-state index contributed by atoms with van der Waals surface area (Å²) in [4.78, 5) is 4.13. The van der Waals surface area contributed by atoms with Gasteiger partial charge in [0.2, 0.25) is 0 Å². The van der Waals surface area contributed by atoms with Crippen LogP contribution in [0.1, 0.15) is 18.1 Å². The van der Waals surface area contributed by atoms with Crippen LogP contribution in [-0.2, 0) is 0 Å². The van der Waals surface area contributed by atoms with E-state index in [1.807, 2.05) is 54.4 Å². The van der Waals surface area contributed by atoms with E-state index in [1.165, 1.54) is 0 Å². The molecule has 5 nitrogen and oxygen atoms in total. The number of para-hydroxylation sites is 2. The molecule has 1 aliphatic rings. The number of rotatable bonds is 1. The summed E-state index contributed by atoms with van der Waals surface area (Å²) >= 11 is 0. The molecule has 0 saturated heterocycles. The molecule has 4 aromatic rings. The van der Waals surface area contributed by atoms with Gasteiger partial charge in [0.05, 0.1) is 28.2 Å². The van der Waals surface area contributed by atoms with Crippen LogP contribution in [0.5, 0.6) is 0 Å². The summed E-state index contributed by atoms with van der Waals surface area (Å²) in [6, 6.07) is 22.0. The summed E-state index contributed by atoms with van der Waals surface area (Å²) in [5.41, 5.74) is 5.13. The minimum absolute atomic E-state index is 0.0737. The first-order valence-electron chi connectivity index (χ1n) is 9.05. The molecule has 0 fully saturated rings. The van der Waals surface area contributed by atoms with Gasteiger partial charge < -0.3 is 14.2 Å². The van der Waals surface area contributed by atoms with E-state index in [4.69, 9.17) is 4.42 Å². The summed E-state index contributed by atoms with van der Waals surface area (Å²) in [6.07, 6.45) is -0.0737. The van der Waals surface area contributed by atoms with Gasteiger partial charge in [0, 0.05) is 17.8 Å². The van der Waals surface area contributed by atoms with Gasteiger partial charge >= 0.3 is 0 Å². The molecule has 1 atom stereocenters. The average Bonchev–Trinajstić information content (AvgIpc) is 3.23. The van der Waals surface area contributed by atoms with Crippen molar-refractivity contribution in [2.24, 2.45) is 0 Å². The third-order valence-electron chi connectivity index (χ3n) is 5.56. The highest BCUT2D eigenvalue weighted by molar-refractivity contribution is 6.10. The Kier molecular flexibility index (Phi) is 3.35. The Balaban J connectivity index is 1.85. The predicted octanol–water partition coefficient (Wildman–Crippen LogP) is 5.26. The smallest absolute Gasteiger partial charge is 0.159 e. The fourth-order valence-electron chi connectivity index (χ4n) is 4.15. The van der Waals surface area contributed by atoms with Crippen molar-refractivity contribution in [3.63, 3.8) is 0 Å². The fraction of sp³-hybridized carbons (Fsp3) is 0.130. The zero-order valence-electron chi connectivity index (χ0n) is 15.5. The normalized spacial score (nSPS) is 15.6. The molecule has 5 heteroatoms. The van der Waals surface area contributed by atoms with Crippen molar-refractivity contribution < 1.29 is 4.42 Å². The van der Waals surface area contributed by atoms with Crippen molar-refractivity contribution in [1.29, 1.82) is 10.5 Å². The minimum Gasteiger partial charge on any atom is -0.454 e. The van der Waals surface area contributed by atoms with E-state index in [1.54, 1.807) is 12.1 Å². The number of furan rings is 1. The summed E-state index contributed by atoms with van der Waals surface area (Å²) < 4.78 is 6.22. The molecule has 1 aromatic heterocycles. The molecule has 0 N–H and O–H groups in total. The standard InChI is InChI=1S/C23H16N4O/c1-14-26(2)21-15(12-24)10-11-16(13-25)22(21)27(14)19-8-5-7-18-17-6-3-4-9-20(17)28-23(18)19/h3-11,14H,1-2H3/t14-/m0/s1. The van der Waals surface area contributed by atoms with Gasteiger partial charge in [-0.1, -0.05) is 30.3 Å². The van der Waals surface area contributed by atoms with Crippen LogP contribution >= 0.6 is 0 Å². The van der Waals surface area contributed by atoms with Crippen LogP contribution < -0.4 is 9.80 Å². The lowest BCUT2D eigenvalue weighted by molar-refractivity contribution is 0.662. The van der Waals surface area contributed by atoms with E-state index >= 15 is 0 Å². The fourth-order valence-corrected chi connectivity index (χ4v) is 4.15. The van der Waals surface area contributed by atoms with Gasteiger partial charge in [-0.2, -0.15) is 10.5 Å². The second-order valence-corrected chi connectivity index (χ2v) is 6.95. The van der Waals surface area contributed by atoms with Gasteiger partial charge in [-0.05, 0) is 31.2 Å². The summed E-state index contributed by atoms with van der Waals surface area (Å²) in [7, 11) is 1.95. The third kappa shape index (κ3) is 1.99. The van der Waals surface area contributed by atoms with Crippen LogP contribution in [0.15, 0.2) is 59.0 Å². The Morgan fingerprint density at radius 2 is 1.54 bits per heavy atom. The molecule has 0 aliphatic carbocycles. The Morgan fingerprint density at radius 3 is 2.29 bits per heavy atom. The third-order valence-corrected chi connectivity index (χ3v) is 5.56. The number of hydrogen-bond acceptors (Lipinski definition) is 5. The van der Waals surface area contributed by atoms with Crippen molar-refractivity contribution >= 4 is 39.0 Å². The first-order chi connectivity index (χ1) is 13.7. The first kappa shape index (κ1) is 16.2. The molecule has 0 saturated carbocycles. The van der Waals surface area contributed by atoms with Crippen LogP contribution in [-0.4, -0.2) is 13.2 Å². The minimum atomic E-state index is -0.0737. The maximum Gasteiger partial charge on any atom is 0.159 e. The summed E-state index contributed by atoms with van der Waals surface area (Å²) in [6.45, 7) is 2.06. The molecular formula is C23H16N4O. The van der Waals surface area contributed by atoms with Gasteiger partial charge in [0.1, 0.15) is 23.9 Å². The van der Waals surface area contributed by atoms with Crippen LogP contribution in [0.25, 0.3) is 21.9 Å². The highest BCUT2D eigenvalue weighted by Gasteiger charge is 2.37. The topological polar surface area (TPSA) is 67.2 Å². The van der Waals surface area contributed by atoms with E-state index in [2.05, 4.69) is 24.0 Å². The van der Waals surface area contributed by atoms with Gasteiger partial charge in [-0.25, -0.2) is 0 Å². The largest absolute Gasteiger partial charge is 0.454 e. The Hall–Kier alpha value is -3.96. The van der Waals surface area contributed by atoms with E-state index in [-0.39, 0.29) is 6.17 Å². The maximum atomic E-state index is 9.73. The SMILES string of the molecule is C[C@H]1N(C)c2c(C#N)ccc(C#N)c2N1c1cccc2c1oc1ccccc12. The van der Waals surface area contributed by atoms with Gasteiger partial charge in [0.25, 0.3) is 0 Å². The molecule has 5 rings (SSSR count). The van der Waals surface area contributed by atoms with Gasteiger partial charge in [0.15, 0.2) is 5.58 Å². The molecule has 2 heterocycles. The van der Waals surface area contributed by atoms with Crippen molar-refractivity contribution in [3.05, 3.63) is 65.7 Å². The number of nitriles is 2. The highest BCUT2D eigenvalue weighted by atomic mass is 16.3. The second-order valence-electron chi connectivity index (χ2n) is 6.95. The lowest BCUT2D eigenvalue weighted by Gasteiger charge is -2.27. The zero-order valence-corrected chi connectivity index (χ0v) is 15.5. The van der Waals surface area contributed by atoms with E-state index < -0.39 is 0 Å². The van der Waals surface area contributed by atoms with Crippen molar-refractivity contribution in [2.45, 2.75) is 13.1 Å². The molecule has 28 heavy (non-hydrogen) atoms. The van der Waals surface area contributed by atoms with Crippen LogP contribution in [0.4, 0.5) is 17.1 Å². The molecule has 0 unspecified atom stereocenters. The lowest BCUT2D eigenvalue weighted by Crippen LogP contribution is -2.35. The second kappa shape index (κ2) is 5.77. The monoisotopic (exact) mass is 364 g/mol. The van der Waals surface area contributed by atoms with Crippen LogP contribution in [0.2, 0.25) is 0 Å². The molecule has 0 radical (unpaired) electrons. The molecule has 3 aromatic carbocycles. The number of nitrogens with zero attached hydrogens (tertiary/aromatic N) is 4. The Morgan fingerprint density at radius 1 is 0.857 bits per heavy atom. The van der Waals surface area contributed by atoms with E-state index in [0.717, 1.165) is 39.0 Å². The zero-order chi connectivity index (χ0) is 19.4. The molecule has 0 bridgehead atoms. The highest BCUT2D eigenvalue weighted by Crippen LogP contribution is 2.49. The maximum absolute atomic E-state index is 9.73. The van der Waals surface area contributed by atoms with Crippen LogP contribution in [0.3, 0.4) is 0 Å². The number of fused-ring (bicyclic) bond motifs is 4. The van der Waals surface area contributed by atoms with E-state index in [9.17, 15) is 10.5 Å². The number of hydrogen-bond donors (Lipinski definition) is 0. The Bertz CT molecular complexity index is 1340. The molecule has 1 aliphatic heterocycles.